The van der Waals surface area contributed by atoms with E-state index in [1.807, 2.05) is 20.8 Å². The van der Waals surface area contributed by atoms with Gasteiger partial charge in [-0.05, 0) is 27.2 Å². The molecule has 0 aliphatic carbocycles. The zero-order valence-corrected chi connectivity index (χ0v) is 11.6. The highest BCUT2D eigenvalue weighted by atomic mass is 35.5. The molecular formula is C12H20ClN3O. The van der Waals surface area contributed by atoms with Crippen LogP contribution in [-0.2, 0) is 0 Å². The average molecular weight is 258 g/mol. The van der Waals surface area contributed by atoms with Gasteiger partial charge in [0.1, 0.15) is 17.6 Å². The van der Waals surface area contributed by atoms with Crippen molar-refractivity contribution in [1.82, 2.24) is 9.97 Å². The highest BCUT2D eigenvalue weighted by Crippen LogP contribution is 2.30. The molecule has 0 atom stereocenters. The standard InChI is InChI=1S/C12H20ClN3O/c1-5-6-7-14-9-10(13)15-8-16-11(9)17-12(2,3)4/h8,14H,5-7H2,1-4H3. The van der Waals surface area contributed by atoms with Crippen LogP contribution in [0.2, 0.25) is 5.15 Å². The van der Waals surface area contributed by atoms with Gasteiger partial charge in [0.2, 0.25) is 5.88 Å². The summed E-state index contributed by atoms with van der Waals surface area (Å²) >= 11 is 6.04. The van der Waals surface area contributed by atoms with Gasteiger partial charge < -0.3 is 10.1 Å². The van der Waals surface area contributed by atoms with Gasteiger partial charge >= 0.3 is 0 Å². The smallest absolute Gasteiger partial charge is 0.242 e. The van der Waals surface area contributed by atoms with Crippen molar-refractivity contribution in [3.63, 3.8) is 0 Å². The number of aromatic nitrogens is 2. The van der Waals surface area contributed by atoms with E-state index in [0.29, 0.717) is 16.7 Å². The summed E-state index contributed by atoms with van der Waals surface area (Å²) < 4.78 is 5.75. The Hall–Kier alpha value is -1.03. The highest BCUT2D eigenvalue weighted by Gasteiger charge is 2.18. The van der Waals surface area contributed by atoms with Gasteiger partial charge in [0.15, 0.2) is 5.15 Å². The van der Waals surface area contributed by atoms with Crippen LogP contribution in [0.4, 0.5) is 5.69 Å². The number of hydrogen-bond donors (Lipinski definition) is 1. The first-order chi connectivity index (χ1) is 7.94. The lowest BCUT2D eigenvalue weighted by atomic mass is 10.2. The van der Waals surface area contributed by atoms with Crippen LogP contribution in [0.15, 0.2) is 6.33 Å². The predicted octanol–water partition coefficient (Wildman–Crippen LogP) is 3.52. The van der Waals surface area contributed by atoms with Crippen LogP contribution in [0.3, 0.4) is 0 Å². The van der Waals surface area contributed by atoms with E-state index >= 15 is 0 Å². The normalized spacial score (nSPS) is 11.4. The van der Waals surface area contributed by atoms with Crippen molar-refractivity contribution in [2.24, 2.45) is 0 Å². The summed E-state index contributed by atoms with van der Waals surface area (Å²) in [5.41, 5.74) is 0.372. The molecule has 0 bridgehead atoms. The zero-order valence-electron chi connectivity index (χ0n) is 10.9. The van der Waals surface area contributed by atoms with Crippen molar-refractivity contribution >= 4 is 17.3 Å². The van der Waals surface area contributed by atoms with E-state index < -0.39 is 0 Å². The topological polar surface area (TPSA) is 47.0 Å². The molecule has 96 valence electrons. The van der Waals surface area contributed by atoms with Crippen LogP contribution >= 0.6 is 11.6 Å². The first-order valence-corrected chi connectivity index (χ1v) is 6.25. The average Bonchev–Trinajstić information content (AvgIpc) is 2.20. The Morgan fingerprint density at radius 3 is 2.65 bits per heavy atom. The molecule has 1 heterocycles. The molecule has 0 saturated carbocycles. The fraction of sp³-hybridized carbons (Fsp3) is 0.667. The Morgan fingerprint density at radius 1 is 1.35 bits per heavy atom. The third-order valence-electron chi connectivity index (χ3n) is 2.00. The van der Waals surface area contributed by atoms with Gasteiger partial charge in [-0.2, -0.15) is 4.98 Å². The molecule has 5 heteroatoms. The number of anilines is 1. The second kappa shape index (κ2) is 6.05. The summed E-state index contributed by atoms with van der Waals surface area (Å²) in [4.78, 5) is 8.08. The maximum absolute atomic E-state index is 6.04. The van der Waals surface area contributed by atoms with Crippen LogP contribution in [0.1, 0.15) is 40.5 Å². The predicted molar refractivity (Wildman–Crippen MR) is 70.8 cm³/mol. The lowest BCUT2D eigenvalue weighted by Crippen LogP contribution is -2.24. The highest BCUT2D eigenvalue weighted by molar-refractivity contribution is 6.32. The second-order valence-electron chi connectivity index (χ2n) is 4.84. The lowest BCUT2D eigenvalue weighted by Gasteiger charge is -2.22. The Labute approximate surface area is 108 Å². The molecule has 1 N–H and O–H groups in total. The number of ether oxygens (including phenoxy) is 1. The number of unbranched alkanes of at least 4 members (excludes halogenated alkanes) is 1. The molecule has 1 aromatic rings. The number of rotatable bonds is 5. The van der Waals surface area contributed by atoms with Crippen LogP contribution in [0.25, 0.3) is 0 Å². The maximum atomic E-state index is 6.04. The van der Waals surface area contributed by atoms with Crippen LogP contribution < -0.4 is 10.1 Å². The first-order valence-electron chi connectivity index (χ1n) is 5.87. The molecule has 0 fully saturated rings. The van der Waals surface area contributed by atoms with Crippen molar-refractivity contribution in [1.29, 1.82) is 0 Å². The minimum atomic E-state index is -0.307. The molecule has 0 spiro atoms. The molecular weight excluding hydrogens is 238 g/mol. The Bertz CT molecular complexity index is 363. The summed E-state index contributed by atoms with van der Waals surface area (Å²) in [5.74, 6) is 0.508. The Kier molecular flexibility index (Phi) is 5.00. The fourth-order valence-corrected chi connectivity index (χ4v) is 1.45. The van der Waals surface area contributed by atoms with E-state index in [1.165, 1.54) is 6.33 Å². The van der Waals surface area contributed by atoms with Crippen LogP contribution in [0.5, 0.6) is 5.88 Å². The van der Waals surface area contributed by atoms with E-state index in [9.17, 15) is 0 Å². The molecule has 4 nitrogen and oxygen atoms in total. The molecule has 17 heavy (non-hydrogen) atoms. The minimum absolute atomic E-state index is 0.307. The number of nitrogens with zero attached hydrogens (tertiary/aromatic N) is 2. The molecule has 1 aromatic heterocycles. The number of hydrogen-bond acceptors (Lipinski definition) is 4. The van der Waals surface area contributed by atoms with Crippen molar-refractivity contribution in [3.05, 3.63) is 11.5 Å². The molecule has 0 amide bonds. The summed E-state index contributed by atoms with van der Waals surface area (Å²) in [6, 6.07) is 0. The summed E-state index contributed by atoms with van der Waals surface area (Å²) in [6.07, 6.45) is 3.60. The molecule has 0 saturated heterocycles. The SMILES string of the molecule is CCCCNc1c(Cl)ncnc1OC(C)(C)C. The van der Waals surface area contributed by atoms with Gasteiger partial charge in [-0.3, -0.25) is 0 Å². The van der Waals surface area contributed by atoms with Gasteiger partial charge in [0.05, 0.1) is 0 Å². The monoisotopic (exact) mass is 257 g/mol. The summed E-state index contributed by atoms with van der Waals surface area (Å²) in [7, 11) is 0. The van der Waals surface area contributed by atoms with Gasteiger partial charge in [0, 0.05) is 6.54 Å². The van der Waals surface area contributed by atoms with E-state index in [2.05, 4.69) is 22.2 Å². The number of halogens is 1. The van der Waals surface area contributed by atoms with Crippen molar-refractivity contribution in [2.75, 3.05) is 11.9 Å². The van der Waals surface area contributed by atoms with E-state index in [1.54, 1.807) is 0 Å². The van der Waals surface area contributed by atoms with Gasteiger partial charge in [-0.15, -0.1) is 0 Å². The van der Waals surface area contributed by atoms with Crippen molar-refractivity contribution in [3.8, 4) is 5.88 Å². The number of nitrogens with one attached hydrogen (secondary N) is 1. The van der Waals surface area contributed by atoms with Crippen LogP contribution in [0, 0.1) is 0 Å². The quantitative estimate of drug-likeness (QED) is 0.648. The van der Waals surface area contributed by atoms with Crippen molar-refractivity contribution < 1.29 is 4.74 Å². The molecule has 0 unspecified atom stereocenters. The fourth-order valence-electron chi connectivity index (χ4n) is 1.26. The third-order valence-corrected chi connectivity index (χ3v) is 2.29. The van der Waals surface area contributed by atoms with Gasteiger partial charge in [-0.25, -0.2) is 4.98 Å². The second-order valence-corrected chi connectivity index (χ2v) is 5.20. The molecule has 0 radical (unpaired) electrons. The van der Waals surface area contributed by atoms with E-state index in [0.717, 1.165) is 19.4 Å². The van der Waals surface area contributed by atoms with Crippen molar-refractivity contribution in [2.45, 2.75) is 46.1 Å². The Balaban J connectivity index is 2.84. The van der Waals surface area contributed by atoms with Gasteiger partial charge in [0.25, 0.3) is 0 Å². The first kappa shape index (κ1) is 14.0. The molecule has 0 aliphatic rings. The summed E-state index contributed by atoms with van der Waals surface area (Å²) in [6.45, 7) is 8.89. The summed E-state index contributed by atoms with van der Waals surface area (Å²) in [5, 5.41) is 3.62. The Morgan fingerprint density at radius 2 is 2.06 bits per heavy atom. The van der Waals surface area contributed by atoms with Gasteiger partial charge in [-0.1, -0.05) is 24.9 Å². The molecule has 0 aliphatic heterocycles. The van der Waals surface area contributed by atoms with E-state index in [-0.39, 0.29) is 5.60 Å². The minimum Gasteiger partial charge on any atom is -0.470 e. The van der Waals surface area contributed by atoms with E-state index in [4.69, 9.17) is 16.3 Å². The molecule has 1 rings (SSSR count). The van der Waals surface area contributed by atoms with Crippen LogP contribution in [-0.4, -0.2) is 22.1 Å². The third kappa shape index (κ3) is 4.77. The largest absolute Gasteiger partial charge is 0.470 e. The molecule has 0 aromatic carbocycles. The zero-order chi connectivity index (χ0) is 12.9. The lowest BCUT2D eigenvalue weighted by molar-refractivity contribution is 0.125. The maximum Gasteiger partial charge on any atom is 0.242 e.